The number of hydrogen-bond donors (Lipinski definition) is 6. The molecule has 5 aromatic carbocycles. The molecule has 2 aliphatic heterocycles. The van der Waals surface area contributed by atoms with E-state index < -0.39 is 59.2 Å². The number of fused-ring (bicyclic) bond motifs is 2. The van der Waals surface area contributed by atoms with Gasteiger partial charge in [0, 0.05) is 58.2 Å². The first kappa shape index (κ1) is 57.3. The second kappa shape index (κ2) is 23.8. The standard InChI is InChI=1S/C62H72N10O6S2/c1-35(63-9)53(73)69-51(61(3,4)5)59(77)71-31-41(29-49(71)57-67-47(33-79-57)45-23-15-19-37-17-11-13-21-43(37)45)65-55(75)39-25-27-40(28-26-39)56(76)66-42-30-50(72(32-42)60(78)52(62(6,7)8)70-54(74)36(2)64-10)58-68-48(34-80-58)46-24-16-20-38-18-12-14-22-44(38)46/h11-28,33-36,41-42,49-52,63-64H,29-32H2,1-10H3,(H,65,75)(H,66,76)(H,69,73)(H,70,74). The van der Waals surface area contributed by atoms with Crippen LogP contribution in [0.15, 0.2) is 120 Å². The molecule has 9 rings (SSSR count). The van der Waals surface area contributed by atoms with Gasteiger partial charge in [-0.3, -0.25) is 28.8 Å². The number of rotatable bonds is 16. The quantitative estimate of drug-likeness (QED) is 0.0543. The van der Waals surface area contributed by atoms with Gasteiger partial charge in [0.25, 0.3) is 11.8 Å². The largest absolute Gasteiger partial charge is 0.347 e. The summed E-state index contributed by atoms with van der Waals surface area (Å²) >= 11 is 2.92. The van der Waals surface area contributed by atoms with Crippen LogP contribution in [-0.2, 0) is 19.2 Å². The van der Waals surface area contributed by atoms with Gasteiger partial charge in [-0.1, -0.05) is 126 Å². The fourth-order valence-corrected chi connectivity index (χ4v) is 12.5. The third kappa shape index (κ3) is 12.3. The predicted octanol–water partition coefficient (Wildman–Crippen LogP) is 8.66. The maximum atomic E-state index is 14.9. The summed E-state index contributed by atoms with van der Waals surface area (Å²) in [6, 6.07) is 30.1. The summed E-state index contributed by atoms with van der Waals surface area (Å²) in [6.45, 7) is 15.3. The van der Waals surface area contributed by atoms with E-state index >= 15 is 0 Å². The molecule has 2 saturated heterocycles. The van der Waals surface area contributed by atoms with Gasteiger partial charge in [0.2, 0.25) is 23.6 Å². The average molecular weight is 1120 g/mol. The topological polar surface area (TPSA) is 207 Å². The number of carbonyl (C=O) groups excluding carboxylic acids is 6. The number of aromatic nitrogens is 2. The summed E-state index contributed by atoms with van der Waals surface area (Å²) in [6.07, 6.45) is 0.757. The first-order chi connectivity index (χ1) is 38.1. The summed E-state index contributed by atoms with van der Waals surface area (Å²) in [7, 11) is 3.38. The van der Waals surface area contributed by atoms with E-state index in [0.29, 0.717) is 34.0 Å². The second-order valence-corrected chi connectivity index (χ2v) is 25.0. The van der Waals surface area contributed by atoms with Gasteiger partial charge < -0.3 is 41.7 Å². The van der Waals surface area contributed by atoms with Crippen LogP contribution in [0.5, 0.6) is 0 Å². The fourth-order valence-electron chi connectivity index (χ4n) is 10.6. The Balaban J connectivity index is 0.928. The van der Waals surface area contributed by atoms with Crippen molar-refractivity contribution in [1.82, 2.24) is 51.7 Å². The van der Waals surface area contributed by atoms with E-state index in [1.165, 1.54) is 22.7 Å². The number of thiazole rings is 2. The summed E-state index contributed by atoms with van der Waals surface area (Å²) in [5.41, 5.74) is 2.85. The van der Waals surface area contributed by atoms with Crippen molar-refractivity contribution in [3.8, 4) is 22.5 Å². The number of nitrogens with one attached hydrogen (secondary N) is 6. The zero-order valence-corrected chi connectivity index (χ0v) is 48.7. The first-order valence-electron chi connectivity index (χ1n) is 27.3. The second-order valence-electron chi connectivity index (χ2n) is 23.2. The smallest absolute Gasteiger partial charge is 0.251 e. The Bertz CT molecular complexity index is 3200. The van der Waals surface area contributed by atoms with Crippen molar-refractivity contribution >= 4 is 79.7 Å². The molecule has 4 heterocycles. The molecule has 0 radical (unpaired) electrons. The highest BCUT2D eigenvalue weighted by atomic mass is 32.1. The van der Waals surface area contributed by atoms with Gasteiger partial charge in [-0.05, 0) is 97.4 Å². The van der Waals surface area contributed by atoms with E-state index in [0.717, 1.165) is 44.1 Å². The first-order valence-corrected chi connectivity index (χ1v) is 29.0. The normalized spacial score (nSPS) is 19.1. The lowest BCUT2D eigenvalue weighted by atomic mass is 9.85. The number of carbonyl (C=O) groups is 6. The zero-order chi connectivity index (χ0) is 57.2. The molecule has 2 aromatic heterocycles. The molecule has 16 nitrogen and oxygen atoms in total. The molecular formula is C62H72N10O6S2. The summed E-state index contributed by atoms with van der Waals surface area (Å²) in [4.78, 5) is 98.4. The molecule has 0 aliphatic carbocycles. The Morgan fingerprint density at radius 2 is 0.887 bits per heavy atom. The Morgan fingerprint density at radius 1 is 0.525 bits per heavy atom. The zero-order valence-electron chi connectivity index (χ0n) is 47.0. The van der Waals surface area contributed by atoms with Gasteiger partial charge in [0.05, 0.1) is 35.6 Å². The molecule has 0 bridgehead atoms. The SMILES string of the molecule is CNC(C)C(=O)NC(C(=O)N1CC(NC(=O)c2ccc(C(=O)NC3CC(c4nc(-c5cccc6ccccc56)cs4)N(C(=O)C(NC(=O)C(C)NC)C(C)(C)C)C3)cc2)CC1c1nc(-c2cccc3ccccc23)cs1)C(C)(C)C. The average Bonchev–Trinajstić information content (AvgIpc) is 4.37. The summed E-state index contributed by atoms with van der Waals surface area (Å²) in [5, 5.41) is 28.0. The molecule has 6 N–H and O–H groups in total. The molecular weight excluding hydrogens is 1040 g/mol. The molecule has 2 aliphatic rings. The number of hydrogen-bond acceptors (Lipinski definition) is 12. The van der Waals surface area contributed by atoms with E-state index in [-0.39, 0.29) is 48.5 Å². The Kier molecular flexibility index (Phi) is 17.0. The maximum Gasteiger partial charge on any atom is 0.251 e. The highest BCUT2D eigenvalue weighted by Crippen LogP contribution is 2.41. The van der Waals surface area contributed by atoms with Crippen molar-refractivity contribution in [1.29, 1.82) is 0 Å². The number of benzene rings is 5. The fraction of sp³-hybridized carbons (Fsp3) is 0.387. The Hall–Kier alpha value is -7.38. The Labute approximate surface area is 475 Å². The van der Waals surface area contributed by atoms with Gasteiger partial charge in [0.15, 0.2) is 0 Å². The van der Waals surface area contributed by atoms with Crippen LogP contribution >= 0.6 is 22.7 Å². The molecule has 2 fully saturated rings. The number of nitrogens with zero attached hydrogens (tertiary/aromatic N) is 4. The van der Waals surface area contributed by atoms with Crippen molar-refractivity contribution < 1.29 is 28.8 Å². The van der Waals surface area contributed by atoms with Gasteiger partial charge in [-0.15, -0.1) is 22.7 Å². The third-order valence-electron chi connectivity index (χ3n) is 15.4. The van der Waals surface area contributed by atoms with E-state index in [1.807, 2.05) is 101 Å². The lowest BCUT2D eigenvalue weighted by molar-refractivity contribution is -0.140. The van der Waals surface area contributed by atoms with Crippen LogP contribution < -0.4 is 31.9 Å². The van der Waals surface area contributed by atoms with Crippen LogP contribution in [0.4, 0.5) is 0 Å². The highest BCUT2D eigenvalue weighted by Gasteiger charge is 2.46. The number of likely N-dealkylation sites (tertiary alicyclic amines) is 2. The molecule has 6 amide bonds. The van der Waals surface area contributed by atoms with Crippen LogP contribution in [0, 0.1) is 10.8 Å². The van der Waals surface area contributed by atoms with Crippen LogP contribution in [-0.4, -0.2) is 119 Å². The lowest BCUT2D eigenvalue weighted by Gasteiger charge is -2.36. The van der Waals surface area contributed by atoms with Gasteiger partial charge in [0.1, 0.15) is 22.1 Å². The van der Waals surface area contributed by atoms with Crippen molar-refractivity contribution in [2.45, 2.75) is 117 Å². The van der Waals surface area contributed by atoms with E-state index in [1.54, 1.807) is 62.0 Å². The maximum absolute atomic E-state index is 14.9. The Morgan fingerprint density at radius 3 is 1.25 bits per heavy atom. The van der Waals surface area contributed by atoms with Crippen LogP contribution in [0.1, 0.15) is 111 Å². The minimum absolute atomic E-state index is 0.175. The molecule has 8 unspecified atom stereocenters. The number of likely N-dealkylation sites (N-methyl/N-ethyl adjacent to an activating group) is 2. The van der Waals surface area contributed by atoms with Crippen LogP contribution in [0.3, 0.4) is 0 Å². The van der Waals surface area contributed by atoms with E-state index in [2.05, 4.69) is 68.3 Å². The third-order valence-corrected chi connectivity index (χ3v) is 17.3. The van der Waals surface area contributed by atoms with Crippen molar-refractivity contribution in [2.75, 3.05) is 27.2 Å². The van der Waals surface area contributed by atoms with E-state index in [4.69, 9.17) is 9.97 Å². The van der Waals surface area contributed by atoms with Crippen molar-refractivity contribution in [3.05, 3.63) is 141 Å². The molecule has 0 spiro atoms. The highest BCUT2D eigenvalue weighted by molar-refractivity contribution is 7.10. The molecule has 18 heteroatoms. The van der Waals surface area contributed by atoms with Crippen LogP contribution in [0.25, 0.3) is 44.1 Å². The number of amides is 6. The molecule has 0 saturated carbocycles. The van der Waals surface area contributed by atoms with Gasteiger partial charge in [-0.25, -0.2) is 9.97 Å². The summed E-state index contributed by atoms with van der Waals surface area (Å²) in [5.74, 6) is -1.90. The minimum Gasteiger partial charge on any atom is -0.347 e. The molecule has 7 aromatic rings. The van der Waals surface area contributed by atoms with Crippen molar-refractivity contribution in [3.63, 3.8) is 0 Å². The van der Waals surface area contributed by atoms with Crippen molar-refractivity contribution in [2.24, 2.45) is 10.8 Å². The molecule has 418 valence electrons. The predicted molar refractivity (Wildman–Crippen MR) is 317 cm³/mol. The summed E-state index contributed by atoms with van der Waals surface area (Å²) < 4.78 is 0. The molecule has 8 atom stereocenters. The van der Waals surface area contributed by atoms with Gasteiger partial charge in [-0.2, -0.15) is 0 Å². The van der Waals surface area contributed by atoms with E-state index in [9.17, 15) is 28.8 Å². The minimum atomic E-state index is -0.876. The lowest BCUT2D eigenvalue weighted by Crippen LogP contribution is -2.57. The van der Waals surface area contributed by atoms with Gasteiger partial charge >= 0.3 is 0 Å². The molecule has 80 heavy (non-hydrogen) atoms. The van der Waals surface area contributed by atoms with Crippen LogP contribution in [0.2, 0.25) is 0 Å². The monoisotopic (exact) mass is 1120 g/mol.